The second kappa shape index (κ2) is 3.58. The highest BCUT2D eigenvalue weighted by Crippen LogP contribution is 2.33. The predicted octanol–water partition coefficient (Wildman–Crippen LogP) is 2.43. The minimum Gasteiger partial charge on any atom is -0.289 e. The van der Waals surface area contributed by atoms with Gasteiger partial charge in [-0.2, -0.15) is 0 Å². The molecule has 4 aromatic heterocycles. The molecule has 0 N–H and O–H groups in total. The lowest BCUT2D eigenvalue weighted by atomic mass is 10.3. The van der Waals surface area contributed by atoms with Gasteiger partial charge in [-0.15, -0.1) is 11.3 Å². The van der Waals surface area contributed by atoms with Gasteiger partial charge in [0.25, 0.3) is 0 Å². The van der Waals surface area contributed by atoms with Crippen LogP contribution >= 0.6 is 11.3 Å². The van der Waals surface area contributed by atoms with Crippen molar-refractivity contribution in [3.63, 3.8) is 0 Å². The van der Waals surface area contributed by atoms with E-state index in [0.717, 1.165) is 26.3 Å². The molecule has 4 aromatic rings. The van der Waals surface area contributed by atoms with Gasteiger partial charge in [-0.3, -0.25) is 4.57 Å². The summed E-state index contributed by atoms with van der Waals surface area (Å²) >= 11 is 1.60. The summed E-state index contributed by atoms with van der Waals surface area (Å²) in [5.74, 6) is 0.848. The molecule has 0 saturated carbocycles. The largest absolute Gasteiger partial charge is 0.289 e. The highest BCUT2D eigenvalue weighted by Gasteiger charge is 2.12. The van der Waals surface area contributed by atoms with Gasteiger partial charge < -0.3 is 0 Å². The molecule has 4 rings (SSSR count). The molecular formula is C12H7N5S. The highest BCUT2D eigenvalue weighted by molar-refractivity contribution is 7.25. The average Bonchev–Trinajstić information content (AvgIpc) is 3.05. The Bertz CT molecular complexity index is 834. The lowest BCUT2D eigenvalue weighted by Gasteiger charge is -2.00. The van der Waals surface area contributed by atoms with Crippen LogP contribution in [0.5, 0.6) is 0 Å². The summed E-state index contributed by atoms with van der Waals surface area (Å²) in [6.07, 6.45) is 8.72. The van der Waals surface area contributed by atoms with Gasteiger partial charge in [0.1, 0.15) is 17.5 Å². The molecule has 0 amide bonds. The van der Waals surface area contributed by atoms with E-state index >= 15 is 0 Å². The maximum absolute atomic E-state index is 4.37. The summed E-state index contributed by atoms with van der Waals surface area (Å²) in [5.41, 5.74) is 0.946. The quantitative estimate of drug-likeness (QED) is 0.522. The predicted molar refractivity (Wildman–Crippen MR) is 69.8 cm³/mol. The minimum atomic E-state index is 0.848. The smallest absolute Gasteiger partial charge is 0.159 e. The first-order valence-electron chi connectivity index (χ1n) is 5.40. The van der Waals surface area contributed by atoms with Gasteiger partial charge in [-0.25, -0.2) is 19.9 Å². The van der Waals surface area contributed by atoms with Gasteiger partial charge in [-0.1, -0.05) is 0 Å². The SMILES string of the molecule is c1cnc2sc3c(-n4ccnc4)ncnc3c2c1. The van der Waals surface area contributed by atoms with Crippen molar-refractivity contribution in [2.24, 2.45) is 0 Å². The fourth-order valence-electron chi connectivity index (χ4n) is 1.97. The summed E-state index contributed by atoms with van der Waals surface area (Å²) in [6.45, 7) is 0. The van der Waals surface area contributed by atoms with Crippen molar-refractivity contribution in [3.05, 3.63) is 43.4 Å². The van der Waals surface area contributed by atoms with E-state index in [1.165, 1.54) is 0 Å². The van der Waals surface area contributed by atoms with Crippen LogP contribution in [0.2, 0.25) is 0 Å². The number of thiophene rings is 1. The van der Waals surface area contributed by atoms with Gasteiger partial charge in [0.2, 0.25) is 0 Å². The Balaban J connectivity index is 2.17. The lowest BCUT2D eigenvalue weighted by Crippen LogP contribution is -1.94. The number of imidazole rings is 1. The molecule has 0 bridgehead atoms. The molecule has 0 aliphatic heterocycles. The molecule has 0 spiro atoms. The van der Waals surface area contributed by atoms with Crippen LogP contribution in [0.25, 0.3) is 26.3 Å². The third kappa shape index (κ3) is 1.26. The van der Waals surface area contributed by atoms with Crippen LogP contribution in [-0.2, 0) is 0 Å². The van der Waals surface area contributed by atoms with Crippen LogP contribution in [0.4, 0.5) is 0 Å². The van der Waals surface area contributed by atoms with Crippen molar-refractivity contribution in [1.29, 1.82) is 0 Å². The van der Waals surface area contributed by atoms with E-state index in [2.05, 4.69) is 19.9 Å². The molecular weight excluding hydrogens is 246 g/mol. The fraction of sp³-hybridized carbons (Fsp3) is 0. The van der Waals surface area contributed by atoms with Crippen molar-refractivity contribution in [1.82, 2.24) is 24.5 Å². The van der Waals surface area contributed by atoms with Crippen molar-refractivity contribution in [2.75, 3.05) is 0 Å². The van der Waals surface area contributed by atoms with Gasteiger partial charge in [0.15, 0.2) is 5.82 Å². The first-order chi connectivity index (χ1) is 8.93. The van der Waals surface area contributed by atoms with E-state index in [-0.39, 0.29) is 0 Å². The Morgan fingerprint density at radius 1 is 1.11 bits per heavy atom. The zero-order valence-electron chi connectivity index (χ0n) is 9.19. The summed E-state index contributed by atoms with van der Waals surface area (Å²) in [5, 5.41) is 1.07. The topological polar surface area (TPSA) is 56.5 Å². The second-order valence-corrected chi connectivity index (χ2v) is 4.80. The summed E-state index contributed by atoms with van der Waals surface area (Å²) in [4.78, 5) is 18.1. The number of nitrogens with zero attached hydrogens (tertiary/aromatic N) is 5. The first kappa shape index (κ1) is 9.67. The van der Waals surface area contributed by atoms with E-state index in [0.29, 0.717) is 0 Å². The molecule has 5 nitrogen and oxygen atoms in total. The normalized spacial score (nSPS) is 11.3. The van der Waals surface area contributed by atoms with Crippen molar-refractivity contribution >= 4 is 31.8 Å². The summed E-state index contributed by atoms with van der Waals surface area (Å²) in [6, 6.07) is 3.96. The average molecular weight is 253 g/mol. The monoisotopic (exact) mass is 253 g/mol. The van der Waals surface area contributed by atoms with Gasteiger partial charge in [0.05, 0.1) is 10.2 Å². The molecule has 0 aliphatic carbocycles. The van der Waals surface area contributed by atoms with Crippen molar-refractivity contribution in [2.45, 2.75) is 0 Å². The molecule has 0 atom stereocenters. The van der Waals surface area contributed by atoms with E-state index < -0.39 is 0 Å². The van der Waals surface area contributed by atoms with Gasteiger partial charge in [-0.05, 0) is 12.1 Å². The Morgan fingerprint density at radius 3 is 3.00 bits per heavy atom. The molecule has 0 aliphatic rings. The molecule has 4 heterocycles. The zero-order valence-corrected chi connectivity index (χ0v) is 10.0. The van der Waals surface area contributed by atoms with Crippen LogP contribution < -0.4 is 0 Å². The summed E-state index contributed by atoms with van der Waals surface area (Å²) < 4.78 is 2.92. The number of aromatic nitrogens is 5. The molecule has 0 aromatic carbocycles. The molecule has 0 unspecified atom stereocenters. The maximum atomic E-state index is 4.37. The van der Waals surface area contributed by atoms with Crippen LogP contribution in [0.3, 0.4) is 0 Å². The maximum Gasteiger partial charge on any atom is 0.159 e. The Kier molecular flexibility index (Phi) is 1.92. The molecule has 86 valence electrons. The van der Waals surface area contributed by atoms with Crippen LogP contribution in [0.15, 0.2) is 43.4 Å². The summed E-state index contributed by atoms with van der Waals surface area (Å²) in [7, 11) is 0. The number of pyridine rings is 1. The minimum absolute atomic E-state index is 0.848. The zero-order chi connectivity index (χ0) is 11.9. The molecule has 0 saturated heterocycles. The number of hydrogen-bond acceptors (Lipinski definition) is 5. The lowest BCUT2D eigenvalue weighted by molar-refractivity contribution is 0.997. The number of hydrogen-bond donors (Lipinski definition) is 0. The Hall–Kier alpha value is -2.34. The number of rotatable bonds is 1. The third-order valence-corrected chi connectivity index (χ3v) is 3.86. The van der Waals surface area contributed by atoms with Gasteiger partial charge >= 0.3 is 0 Å². The van der Waals surface area contributed by atoms with Crippen LogP contribution in [0, 0.1) is 0 Å². The molecule has 0 radical (unpaired) electrons. The second-order valence-electron chi connectivity index (χ2n) is 3.80. The third-order valence-electron chi connectivity index (χ3n) is 2.76. The van der Waals surface area contributed by atoms with E-state index in [4.69, 9.17) is 0 Å². The molecule has 18 heavy (non-hydrogen) atoms. The van der Waals surface area contributed by atoms with Gasteiger partial charge in [0, 0.05) is 24.0 Å². The molecule has 6 heteroatoms. The molecule has 0 fully saturated rings. The highest BCUT2D eigenvalue weighted by atomic mass is 32.1. The van der Waals surface area contributed by atoms with Crippen LogP contribution in [-0.4, -0.2) is 24.5 Å². The van der Waals surface area contributed by atoms with Crippen LogP contribution in [0.1, 0.15) is 0 Å². The van der Waals surface area contributed by atoms with E-state index in [1.807, 2.05) is 22.9 Å². The fourth-order valence-corrected chi connectivity index (χ4v) is 3.06. The number of fused-ring (bicyclic) bond motifs is 3. The van der Waals surface area contributed by atoms with E-state index in [9.17, 15) is 0 Å². The first-order valence-corrected chi connectivity index (χ1v) is 6.22. The standard InChI is InChI=1S/C12H7N5S/c1-2-8-9-10(18-12(8)14-3-1)11(16-6-15-9)17-5-4-13-7-17/h1-7H. The Morgan fingerprint density at radius 2 is 2.11 bits per heavy atom. The van der Waals surface area contributed by atoms with Crippen molar-refractivity contribution in [3.8, 4) is 5.82 Å². The van der Waals surface area contributed by atoms with E-state index in [1.54, 1.807) is 36.4 Å². The Labute approximate surface area is 106 Å². The van der Waals surface area contributed by atoms with Crippen molar-refractivity contribution < 1.29 is 0 Å².